The number of aryl methyl sites for hydroxylation is 2. The van der Waals surface area contributed by atoms with Crippen LogP contribution in [0, 0.1) is 0 Å². The molecule has 3 N–H and O–H groups in total. The van der Waals surface area contributed by atoms with Gasteiger partial charge in [-0.2, -0.15) is 0 Å². The van der Waals surface area contributed by atoms with Crippen LogP contribution in [-0.2, 0) is 12.8 Å². The Labute approximate surface area is 149 Å². The van der Waals surface area contributed by atoms with Crippen LogP contribution in [0.2, 0.25) is 0 Å². The lowest BCUT2D eigenvalue weighted by Crippen LogP contribution is -2.02. The van der Waals surface area contributed by atoms with Crippen molar-refractivity contribution in [2.75, 3.05) is 12.4 Å². The second-order valence-corrected chi connectivity index (χ2v) is 6.99. The maximum Gasteiger partial charge on any atom is 0.160 e. The van der Waals surface area contributed by atoms with Gasteiger partial charge in [0, 0.05) is 4.88 Å². The number of thiophene rings is 1. The second kappa shape index (κ2) is 6.68. The summed E-state index contributed by atoms with van der Waals surface area (Å²) in [6.07, 6.45) is 11.2. The van der Waals surface area contributed by atoms with E-state index in [9.17, 15) is 0 Å². The molecular weight excluding hydrogens is 334 g/mol. The Morgan fingerprint density at radius 3 is 2.96 bits per heavy atom. The maximum atomic E-state index is 5.48. The summed E-state index contributed by atoms with van der Waals surface area (Å²) in [5, 5.41) is 4.55. The molecule has 3 aromatic rings. The first kappa shape index (κ1) is 15.8. The van der Waals surface area contributed by atoms with Gasteiger partial charge in [-0.15, -0.1) is 11.3 Å². The van der Waals surface area contributed by atoms with Crippen LogP contribution in [-0.4, -0.2) is 22.1 Å². The van der Waals surface area contributed by atoms with Crippen LogP contribution in [0.25, 0.3) is 16.3 Å². The van der Waals surface area contributed by atoms with Crippen molar-refractivity contribution in [1.82, 2.24) is 15.0 Å². The van der Waals surface area contributed by atoms with Crippen LogP contribution < -0.4 is 15.8 Å². The van der Waals surface area contributed by atoms with E-state index in [1.54, 1.807) is 37.0 Å². The maximum absolute atomic E-state index is 5.48. The number of nitrogens with two attached hydrogens (primary N) is 1. The van der Waals surface area contributed by atoms with Crippen molar-refractivity contribution in [2.24, 2.45) is 5.73 Å². The van der Waals surface area contributed by atoms with Gasteiger partial charge < -0.3 is 15.8 Å². The summed E-state index contributed by atoms with van der Waals surface area (Å²) < 4.78 is 5.44. The zero-order chi connectivity index (χ0) is 17.2. The van der Waals surface area contributed by atoms with Gasteiger partial charge >= 0.3 is 0 Å². The number of fused-ring (bicyclic) bond motifs is 3. The van der Waals surface area contributed by atoms with Crippen molar-refractivity contribution in [3.05, 3.63) is 40.9 Å². The molecule has 1 aliphatic carbocycles. The summed E-state index contributed by atoms with van der Waals surface area (Å²) >= 11 is 1.78. The van der Waals surface area contributed by atoms with E-state index in [1.807, 2.05) is 6.07 Å². The van der Waals surface area contributed by atoms with E-state index in [0.717, 1.165) is 40.3 Å². The van der Waals surface area contributed by atoms with E-state index in [0.29, 0.717) is 5.75 Å². The van der Waals surface area contributed by atoms with Gasteiger partial charge in [-0.25, -0.2) is 9.97 Å². The summed E-state index contributed by atoms with van der Waals surface area (Å²) in [4.78, 5) is 15.8. The number of nitrogens with one attached hydrogen (secondary N) is 1. The third-order valence-corrected chi connectivity index (χ3v) is 5.58. The minimum atomic E-state index is 0.657. The SMILES string of the molecule is COc1cnc(C=CN)cc1Nc1ncnc2sc3c(c12)CCCC3. The second-order valence-electron chi connectivity index (χ2n) is 5.91. The molecule has 0 bridgehead atoms. The van der Waals surface area contributed by atoms with Crippen molar-refractivity contribution in [2.45, 2.75) is 25.7 Å². The number of methoxy groups -OCH3 is 1. The lowest BCUT2D eigenvalue weighted by Gasteiger charge is -2.14. The molecule has 0 unspecified atom stereocenters. The quantitative estimate of drug-likeness (QED) is 0.745. The number of anilines is 2. The highest BCUT2D eigenvalue weighted by Crippen LogP contribution is 2.39. The first-order valence-electron chi connectivity index (χ1n) is 8.24. The highest BCUT2D eigenvalue weighted by Gasteiger charge is 2.20. The lowest BCUT2D eigenvalue weighted by atomic mass is 9.97. The van der Waals surface area contributed by atoms with Gasteiger partial charge in [-0.1, -0.05) is 0 Å². The van der Waals surface area contributed by atoms with Gasteiger partial charge in [-0.3, -0.25) is 4.98 Å². The van der Waals surface area contributed by atoms with Crippen molar-refractivity contribution < 1.29 is 4.74 Å². The first-order valence-corrected chi connectivity index (χ1v) is 9.06. The van der Waals surface area contributed by atoms with E-state index in [1.165, 1.54) is 29.5 Å². The Bertz CT molecular complexity index is 950. The molecule has 0 atom stereocenters. The Hall–Kier alpha value is -2.67. The van der Waals surface area contributed by atoms with Gasteiger partial charge in [0.2, 0.25) is 0 Å². The van der Waals surface area contributed by atoms with Gasteiger partial charge in [0.1, 0.15) is 17.0 Å². The predicted molar refractivity (Wildman–Crippen MR) is 101 cm³/mol. The van der Waals surface area contributed by atoms with Crippen molar-refractivity contribution in [1.29, 1.82) is 0 Å². The summed E-state index contributed by atoms with van der Waals surface area (Å²) in [6, 6.07) is 1.90. The van der Waals surface area contributed by atoms with Gasteiger partial charge in [0.15, 0.2) is 5.75 Å². The first-order chi connectivity index (χ1) is 12.3. The van der Waals surface area contributed by atoms with E-state index < -0.39 is 0 Å². The van der Waals surface area contributed by atoms with Crippen LogP contribution in [0.3, 0.4) is 0 Å². The van der Waals surface area contributed by atoms with E-state index in [-0.39, 0.29) is 0 Å². The van der Waals surface area contributed by atoms with Crippen molar-refractivity contribution >= 4 is 39.1 Å². The van der Waals surface area contributed by atoms with Crippen LogP contribution in [0.4, 0.5) is 11.5 Å². The molecule has 3 heterocycles. The number of rotatable bonds is 4. The average Bonchev–Trinajstić information content (AvgIpc) is 3.02. The number of ether oxygens (including phenoxy) is 1. The van der Waals surface area contributed by atoms with Gasteiger partial charge in [0.05, 0.1) is 30.1 Å². The van der Waals surface area contributed by atoms with Gasteiger partial charge in [0.25, 0.3) is 0 Å². The molecule has 3 aromatic heterocycles. The molecule has 0 aromatic carbocycles. The number of hydrogen-bond donors (Lipinski definition) is 2. The standard InChI is InChI=1S/C18H19N5OS/c1-24-14-9-20-11(6-7-19)8-13(14)23-17-16-12-4-2-3-5-15(12)25-18(16)22-10-21-17/h6-10H,2-5,19H2,1H3,(H,20,21,22,23). The van der Waals surface area contributed by atoms with Gasteiger partial charge in [-0.05, 0) is 49.6 Å². The predicted octanol–water partition coefficient (Wildman–Crippen LogP) is 3.65. The lowest BCUT2D eigenvalue weighted by molar-refractivity contribution is 0.415. The van der Waals surface area contributed by atoms with E-state index >= 15 is 0 Å². The molecule has 1 aliphatic rings. The van der Waals surface area contributed by atoms with E-state index in [4.69, 9.17) is 10.5 Å². The van der Waals surface area contributed by atoms with Crippen LogP contribution in [0.15, 0.2) is 24.8 Å². The zero-order valence-corrected chi connectivity index (χ0v) is 14.8. The highest BCUT2D eigenvalue weighted by molar-refractivity contribution is 7.19. The largest absolute Gasteiger partial charge is 0.493 e. The van der Waals surface area contributed by atoms with E-state index in [2.05, 4.69) is 20.3 Å². The molecule has 6 nitrogen and oxygen atoms in total. The molecule has 128 valence electrons. The fraction of sp³-hybridized carbons (Fsp3) is 0.278. The summed E-state index contributed by atoms with van der Waals surface area (Å²) in [5.74, 6) is 1.47. The number of hydrogen-bond acceptors (Lipinski definition) is 7. The molecule has 7 heteroatoms. The minimum Gasteiger partial charge on any atom is -0.493 e. The fourth-order valence-electron chi connectivity index (χ4n) is 3.22. The molecule has 0 fully saturated rings. The summed E-state index contributed by atoms with van der Waals surface area (Å²) in [6.45, 7) is 0. The Morgan fingerprint density at radius 1 is 1.24 bits per heavy atom. The van der Waals surface area contributed by atoms with Crippen LogP contribution >= 0.6 is 11.3 Å². The number of aromatic nitrogens is 3. The third-order valence-electron chi connectivity index (χ3n) is 4.38. The Kier molecular flexibility index (Phi) is 4.23. The molecule has 25 heavy (non-hydrogen) atoms. The molecule has 0 saturated heterocycles. The average molecular weight is 353 g/mol. The molecule has 0 amide bonds. The van der Waals surface area contributed by atoms with Crippen molar-refractivity contribution in [3.63, 3.8) is 0 Å². The highest BCUT2D eigenvalue weighted by atomic mass is 32.1. The zero-order valence-electron chi connectivity index (χ0n) is 14.0. The normalized spacial score (nSPS) is 14.0. The topological polar surface area (TPSA) is 86.0 Å². The Balaban J connectivity index is 1.81. The smallest absolute Gasteiger partial charge is 0.160 e. The number of nitrogens with zero attached hydrogens (tertiary/aromatic N) is 3. The molecule has 0 spiro atoms. The fourth-order valence-corrected chi connectivity index (χ4v) is 4.45. The Morgan fingerprint density at radius 2 is 2.12 bits per heavy atom. The van der Waals surface area contributed by atoms with Crippen LogP contribution in [0.5, 0.6) is 5.75 Å². The number of pyridine rings is 1. The molecule has 0 saturated carbocycles. The molecule has 0 aliphatic heterocycles. The molecular formula is C18H19N5OS. The minimum absolute atomic E-state index is 0.657. The molecule has 4 rings (SSSR count). The summed E-state index contributed by atoms with van der Waals surface area (Å²) in [5.41, 5.74) is 8.43. The van der Waals surface area contributed by atoms with Crippen molar-refractivity contribution in [3.8, 4) is 5.75 Å². The monoisotopic (exact) mass is 353 g/mol. The van der Waals surface area contributed by atoms with Crippen LogP contribution in [0.1, 0.15) is 29.0 Å². The third kappa shape index (κ3) is 2.91. The molecule has 0 radical (unpaired) electrons. The summed E-state index contributed by atoms with van der Waals surface area (Å²) in [7, 11) is 1.63.